The smallest absolute Gasteiger partial charge is 0.267 e. The third kappa shape index (κ3) is 3.85. The summed E-state index contributed by atoms with van der Waals surface area (Å²) in [5, 5.41) is 0.870. The summed E-state index contributed by atoms with van der Waals surface area (Å²) in [6.45, 7) is 2.29. The molecule has 3 heterocycles. The number of para-hydroxylation sites is 1. The van der Waals surface area contributed by atoms with Crippen molar-refractivity contribution in [3.05, 3.63) is 48.0 Å². The van der Waals surface area contributed by atoms with Gasteiger partial charge >= 0.3 is 0 Å². The van der Waals surface area contributed by atoms with Gasteiger partial charge in [0.2, 0.25) is 0 Å². The van der Waals surface area contributed by atoms with Crippen LogP contribution >= 0.6 is 11.3 Å². The number of pyridine rings is 1. The molecule has 1 fully saturated rings. The maximum absolute atomic E-state index is 13.8. The van der Waals surface area contributed by atoms with Gasteiger partial charge in [0.15, 0.2) is 5.13 Å². The third-order valence-electron chi connectivity index (χ3n) is 4.71. The Bertz CT molecular complexity index is 969. The Balaban J connectivity index is 1.34. The van der Waals surface area contributed by atoms with E-state index in [1.54, 1.807) is 18.2 Å². The molecule has 1 aliphatic rings. The maximum Gasteiger partial charge on any atom is 0.267 e. The number of hydrogen-bond acceptors (Lipinski definition) is 6. The average Bonchev–Trinajstić information content (AvgIpc) is 3.13. The lowest BCUT2D eigenvalue weighted by atomic mass is 9.98. The Morgan fingerprint density at radius 3 is 2.89 bits per heavy atom. The predicted molar refractivity (Wildman–Crippen MR) is 103 cm³/mol. The molecular formula is C19H19FN4O2S. The number of hydrogen-bond donors (Lipinski definition) is 1. The van der Waals surface area contributed by atoms with Gasteiger partial charge in [0.1, 0.15) is 22.8 Å². The van der Waals surface area contributed by atoms with Crippen molar-refractivity contribution in [2.24, 2.45) is 11.7 Å². The highest BCUT2D eigenvalue weighted by molar-refractivity contribution is 7.22. The molecule has 1 saturated heterocycles. The minimum atomic E-state index is -0.568. The van der Waals surface area contributed by atoms with Crippen molar-refractivity contribution in [1.29, 1.82) is 0 Å². The van der Waals surface area contributed by atoms with E-state index in [0.29, 0.717) is 23.8 Å². The Kier molecular flexibility index (Phi) is 4.89. The first-order valence-corrected chi connectivity index (χ1v) is 9.60. The van der Waals surface area contributed by atoms with Crippen molar-refractivity contribution >= 4 is 32.6 Å². The normalized spacial score (nSPS) is 15.2. The number of carbonyl (C=O) groups is 1. The summed E-state index contributed by atoms with van der Waals surface area (Å²) < 4.78 is 20.5. The van der Waals surface area contributed by atoms with Gasteiger partial charge in [-0.15, -0.1) is 0 Å². The molecular weight excluding hydrogens is 367 g/mol. The summed E-state index contributed by atoms with van der Waals surface area (Å²) in [7, 11) is 0. The van der Waals surface area contributed by atoms with Crippen molar-refractivity contribution in [3.63, 3.8) is 0 Å². The van der Waals surface area contributed by atoms with Crippen molar-refractivity contribution in [3.8, 4) is 5.75 Å². The summed E-state index contributed by atoms with van der Waals surface area (Å²) in [5.41, 5.74) is 5.89. The number of benzene rings is 1. The number of thiazole rings is 1. The van der Waals surface area contributed by atoms with Crippen LogP contribution in [0, 0.1) is 11.7 Å². The quantitative estimate of drug-likeness (QED) is 0.728. The molecule has 0 unspecified atom stereocenters. The van der Waals surface area contributed by atoms with Crippen LogP contribution in [0.2, 0.25) is 0 Å². The van der Waals surface area contributed by atoms with Crippen LogP contribution in [0.4, 0.5) is 9.52 Å². The second kappa shape index (κ2) is 7.48. The molecule has 6 nitrogen and oxygen atoms in total. The number of fused-ring (bicyclic) bond motifs is 1. The number of anilines is 1. The van der Waals surface area contributed by atoms with Gasteiger partial charge in [-0.05, 0) is 37.0 Å². The number of piperidine rings is 1. The van der Waals surface area contributed by atoms with Gasteiger partial charge in [-0.3, -0.25) is 9.78 Å². The molecule has 0 bridgehead atoms. The summed E-state index contributed by atoms with van der Waals surface area (Å²) in [4.78, 5) is 21.8. The van der Waals surface area contributed by atoms with Gasteiger partial charge in [0, 0.05) is 25.4 Å². The van der Waals surface area contributed by atoms with Crippen molar-refractivity contribution in [2.45, 2.75) is 12.8 Å². The number of carbonyl (C=O) groups excluding carboxylic acids is 1. The Morgan fingerprint density at radius 2 is 2.15 bits per heavy atom. The molecule has 2 N–H and O–H groups in total. The fraction of sp³-hybridized carbons (Fsp3) is 0.316. The molecule has 27 heavy (non-hydrogen) atoms. The molecule has 0 radical (unpaired) electrons. The van der Waals surface area contributed by atoms with Crippen LogP contribution < -0.4 is 15.4 Å². The highest BCUT2D eigenvalue weighted by Gasteiger charge is 2.22. The third-order valence-corrected chi connectivity index (χ3v) is 5.79. The summed E-state index contributed by atoms with van der Waals surface area (Å²) in [6, 6.07) is 8.34. The van der Waals surface area contributed by atoms with Gasteiger partial charge in [-0.1, -0.05) is 17.4 Å². The van der Waals surface area contributed by atoms with E-state index < -0.39 is 5.91 Å². The van der Waals surface area contributed by atoms with Crippen molar-refractivity contribution < 1.29 is 13.9 Å². The lowest BCUT2D eigenvalue weighted by Crippen LogP contribution is -2.35. The molecule has 1 aromatic carbocycles. The minimum Gasteiger partial charge on any atom is -0.493 e. The van der Waals surface area contributed by atoms with Crippen LogP contribution in [0.3, 0.4) is 0 Å². The molecule has 4 rings (SSSR count). The molecule has 1 aliphatic heterocycles. The van der Waals surface area contributed by atoms with E-state index in [0.717, 1.165) is 35.8 Å². The summed E-state index contributed by atoms with van der Waals surface area (Å²) in [5.74, 6) is 0.174. The fourth-order valence-corrected chi connectivity index (χ4v) is 4.21. The Hall–Kier alpha value is -2.74. The molecule has 0 spiro atoms. The summed E-state index contributed by atoms with van der Waals surface area (Å²) >= 11 is 1.53. The first-order valence-electron chi connectivity index (χ1n) is 8.79. The van der Waals surface area contributed by atoms with Crippen LogP contribution in [-0.4, -0.2) is 35.6 Å². The number of ether oxygens (including phenoxy) is 1. The fourth-order valence-electron chi connectivity index (χ4n) is 3.18. The number of amides is 1. The topological polar surface area (TPSA) is 81.3 Å². The zero-order chi connectivity index (χ0) is 18.8. The summed E-state index contributed by atoms with van der Waals surface area (Å²) in [6.07, 6.45) is 3.45. The van der Waals surface area contributed by atoms with Crippen molar-refractivity contribution in [2.75, 3.05) is 24.6 Å². The maximum atomic E-state index is 13.8. The van der Waals surface area contributed by atoms with Gasteiger partial charge in [0.05, 0.1) is 11.3 Å². The SMILES string of the molecule is NC(=O)c1cc(OCC2CCN(c3nc4c(F)cccc4s3)CC2)ccn1. The van der Waals surface area contributed by atoms with E-state index in [4.69, 9.17) is 10.5 Å². The largest absolute Gasteiger partial charge is 0.493 e. The number of aromatic nitrogens is 2. The molecule has 1 amide bonds. The molecule has 8 heteroatoms. The second-order valence-electron chi connectivity index (χ2n) is 6.57. The standard InChI is InChI=1S/C19H19FN4O2S/c20-14-2-1-3-16-17(14)23-19(27-16)24-8-5-12(6-9-24)11-26-13-4-7-22-15(10-13)18(21)25/h1-4,7,10,12H,5-6,8-9,11H2,(H2,21,25). The first kappa shape index (κ1) is 17.7. The van der Waals surface area contributed by atoms with Crippen LogP contribution in [0.15, 0.2) is 36.5 Å². The molecule has 0 aliphatic carbocycles. The van der Waals surface area contributed by atoms with Gasteiger partial charge in [-0.2, -0.15) is 0 Å². The molecule has 3 aromatic rings. The number of nitrogens with two attached hydrogens (primary N) is 1. The Morgan fingerprint density at radius 1 is 1.33 bits per heavy atom. The average molecular weight is 386 g/mol. The van der Waals surface area contributed by atoms with Crippen molar-refractivity contribution in [1.82, 2.24) is 9.97 Å². The van der Waals surface area contributed by atoms with Crippen LogP contribution in [0.5, 0.6) is 5.75 Å². The second-order valence-corrected chi connectivity index (χ2v) is 7.57. The first-order chi connectivity index (χ1) is 13.1. The number of halogens is 1. The van der Waals surface area contributed by atoms with E-state index in [-0.39, 0.29) is 11.5 Å². The molecule has 140 valence electrons. The van der Waals surface area contributed by atoms with E-state index in [1.165, 1.54) is 23.6 Å². The van der Waals surface area contributed by atoms with Crippen LogP contribution in [-0.2, 0) is 0 Å². The van der Waals surface area contributed by atoms with E-state index in [2.05, 4.69) is 14.9 Å². The molecule has 0 saturated carbocycles. The zero-order valence-corrected chi connectivity index (χ0v) is 15.4. The minimum absolute atomic E-state index is 0.199. The highest BCUT2D eigenvalue weighted by Crippen LogP contribution is 2.32. The predicted octanol–water partition coefficient (Wildman–Crippen LogP) is 3.22. The highest BCUT2D eigenvalue weighted by atomic mass is 32.1. The molecule has 2 aromatic heterocycles. The zero-order valence-electron chi connectivity index (χ0n) is 14.6. The lowest BCUT2D eigenvalue weighted by molar-refractivity contribution is 0.0995. The number of rotatable bonds is 5. The van der Waals surface area contributed by atoms with E-state index in [1.807, 2.05) is 6.07 Å². The van der Waals surface area contributed by atoms with Crippen LogP contribution in [0.25, 0.3) is 10.2 Å². The number of primary amides is 1. The van der Waals surface area contributed by atoms with Gasteiger partial charge in [-0.25, -0.2) is 9.37 Å². The lowest BCUT2D eigenvalue weighted by Gasteiger charge is -2.31. The molecule has 0 atom stereocenters. The van der Waals surface area contributed by atoms with Crippen LogP contribution in [0.1, 0.15) is 23.3 Å². The number of nitrogens with zero attached hydrogens (tertiary/aromatic N) is 3. The Labute approximate surface area is 159 Å². The van der Waals surface area contributed by atoms with Gasteiger partial charge in [0.25, 0.3) is 5.91 Å². The monoisotopic (exact) mass is 386 g/mol. The van der Waals surface area contributed by atoms with E-state index >= 15 is 0 Å². The van der Waals surface area contributed by atoms with Gasteiger partial charge < -0.3 is 15.4 Å². The van der Waals surface area contributed by atoms with E-state index in [9.17, 15) is 9.18 Å².